The summed E-state index contributed by atoms with van der Waals surface area (Å²) in [6.45, 7) is 2.50. The van der Waals surface area contributed by atoms with Crippen molar-refractivity contribution in [2.45, 2.75) is 18.2 Å². The largest absolute Gasteiger partial charge is 0.298 e. The van der Waals surface area contributed by atoms with E-state index in [-0.39, 0.29) is 11.4 Å². The summed E-state index contributed by atoms with van der Waals surface area (Å²) in [6.07, 6.45) is 3.09. The van der Waals surface area contributed by atoms with Crippen molar-refractivity contribution in [3.05, 3.63) is 41.5 Å². The first-order valence-corrected chi connectivity index (χ1v) is 7.19. The summed E-state index contributed by atoms with van der Waals surface area (Å²) in [4.78, 5) is 11.0. The fourth-order valence-corrected chi connectivity index (χ4v) is 3.33. The number of hydrogen-bond donors (Lipinski definition) is 0. The summed E-state index contributed by atoms with van der Waals surface area (Å²) >= 11 is 0. The van der Waals surface area contributed by atoms with E-state index in [0.29, 0.717) is 18.5 Å². The number of carbonyl (C=O) groups excluding carboxylic acids is 1. The summed E-state index contributed by atoms with van der Waals surface area (Å²) in [6, 6.07) is 6.74. The van der Waals surface area contributed by atoms with Gasteiger partial charge >= 0.3 is 0 Å². The SMILES string of the molecule is Cc1ccc(S(=O)(=O)N2CCC=C(C=O)C2)cc1. The Hall–Kier alpha value is -1.46. The van der Waals surface area contributed by atoms with Gasteiger partial charge < -0.3 is 0 Å². The Kier molecular flexibility index (Phi) is 3.63. The lowest BCUT2D eigenvalue weighted by molar-refractivity contribution is -0.105. The Morgan fingerprint density at radius 2 is 1.89 bits per heavy atom. The van der Waals surface area contributed by atoms with Gasteiger partial charge in [-0.05, 0) is 25.5 Å². The van der Waals surface area contributed by atoms with Crippen LogP contribution in [0.4, 0.5) is 0 Å². The molecule has 1 aromatic rings. The van der Waals surface area contributed by atoms with E-state index >= 15 is 0 Å². The molecule has 2 rings (SSSR count). The normalized spacial score (nSPS) is 17.3. The smallest absolute Gasteiger partial charge is 0.243 e. The molecule has 0 unspecified atom stereocenters. The molecule has 0 radical (unpaired) electrons. The molecule has 1 aliphatic heterocycles. The first-order valence-electron chi connectivity index (χ1n) is 5.75. The van der Waals surface area contributed by atoms with Gasteiger partial charge in [-0.1, -0.05) is 23.8 Å². The number of benzene rings is 1. The molecule has 96 valence electrons. The third kappa shape index (κ3) is 2.52. The van der Waals surface area contributed by atoms with E-state index in [1.807, 2.05) is 6.92 Å². The zero-order valence-corrected chi connectivity index (χ0v) is 11.0. The molecule has 4 nitrogen and oxygen atoms in total. The van der Waals surface area contributed by atoms with E-state index in [2.05, 4.69) is 0 Å². The van der Waals surface area contributed by atoms with Gasteiger partial charge in [-0.2, -0.15) is 4.31 Å². The Balaban J connectivity index is 2.29. The lowest BCUT2D eigenvalue weighted by Crippen LogP contribution is -2.36. The predicted molar refractivity (Wildman–Crippen MR) is 68.7 cm³/mol. The van der Waals surface area contributed by atoms with Crippen molar-refractivity contribution in [1.82, 2.24) is 4.31 Å². The van der Waals surface area contributed by atoms with Gasteiger partial charge in [0.2, 0.25) is 10.0 Å². The second-order valence-corrected chi connectivity index (χ2v) is 6.28. The monoisotopic (exact) mass is 265 g/mol. The van der Waals surface area contributed by atoms with Gasteiger partial charge in [-0.25, -0.2) is 8.42 Å². The minimum absolute atomic E-state index is 0.166. The molecule has 0 aromatic heterocycles. The standard InChI is InChI=1S/C13H15NO3S/c1-11-4-6-13(7-5-11)18(16,17)14-8-2-3-12(9-14)10-15/h3-7,10H,2,8-9H2,1H3. The van der Waals surface area contributed by atoms with Crippen molar-refractivity contribution in [2.75, 3.05) is 13.1 Å². The fourth-order valence-electron chi connectivity index (χ4n) is 1.89. The number of aldehydes is 1. The lowest BCUT2D eigenvalue weighted by Gasteiger charge is -2.24. The second-order valence-electron chi connectivity index (χ2n) is 4.34. The van der Waals surface area contributed by atoms with E-state index in [9.17, 15) is 13.2 Å². The second kappa shape index (κ2) is 5.04. The minimum Gasteiger partial charge on any atom is -0.298 e. The maximum absolute atomic E-state index is 12.3. The van der Waals surface area contributed by atoms with Crippen LogP contribution in [-0.4, -0.2) is 32.1 Å². The first kappa shape index (κ1) is 13.0. The Bertz CT molecular complexity index is 573. The molecule has 0 saturated carbocycles. The molecule has 0 saturated heterocycles. The Morgan fingerprint density at radius 1 is 1.22 bits per heavy atom. The molecule has 0 spiro atoms. The van der Waals surface area contributed by atoms with E-state index < -0.39 is 10.0 Å². The molecule has 1 aliphatic rings. The summed E-state index contributed by atoms with van der Waals surface area (Å²) < 4.78 is 26.0. The number of carbonyl (C=O) groups is 1. The highest BCUT2D eigenvalue weighted by molar-refractivity contribution is 7.89. The van der Waals surface area contributed by atoms with Crippen LogP contribution in [0.5, 0.6) is 0 Å². The van der Waals surface area contributed by atoms with Crippen LogP contribution in [0.2, 0.25) is 0 Å². The maximum Gasteiger partial charge on any atom is 0.243 e. The van der Waals surface area contributed by atoms with Gasteiger partial charge in [-0.3, -0.25) is 4.79 Å². The number of rotatable bonds is 3. The fraction of sp³-hybridized carbons (Fsp3) is 0.308. The van der Waals surface area contributed by atoms with Gasteiger partial charge in [0.15, 0.2) is 0 Å². The van der Waals surface area contributed by atoms with Crippen molar-refractivity contribution < 1.29 is 13.2 Å². The van der Waals surface area contributed by atoms with Gasteiger partial charge in [0, 0.05) is 18.7 Å². The van der Waals surface area contributed by atoms with Crippen LogP contribution in [0, 0.1) is 6.92 Å². The molecule has 0 amide bonds. The molecule has 0 aliphatic carbocycles. The molecule has 0 N–H and O–H groups in total. The average Bonchev–Trinajstić information content (AvgIpc) is 2.39. The number of nitrogens with zero attached hydrogens (tertiary/aromatic N) is 1. The third-order valence-electron chi connectivity index (χ3n) is 2.95. The van der Waals surface area contributed by atoms with Crippen molar-refractivity contribution in [3.63, 3.8) is 0 Å². The molecule has 0 atom stereocenters. The average molecular weight is 265 g/mol. The highest BCUT2D eigenvalue weighted by Crippen LogP contribution is 2.20. The molecule has 1 aromatic carbocycles. The van der Waals surface area contributed by atoms with Crippen LogP contribution in [-0.2, 0) is 14.8 Å². The van der Waals surface area contributed by atoms with Crippen molar-refractivity contribution in [3.8, 4) is 0 Å². The molecular weight excluding hydrogens is 250 g/mol. The van der Waals surface area contributed by atoms with Crippen LogP contribution in [0.15, 0.2) is 40.8 Å². The van der Waals surface area contributed by atoms with Crippen molar-refractivity contribution in [1.29, 1.82) is 0 Å². The molecule has 0 fully saturated rings. The van der Waals surface area contributed by atoms with Gasteiger partial charge in [0.1, 0.15) is 6.29 Å². The van der Waals surface area contributed by atoms with Crippen LogP contribution < -0.4 is 0 Å². The zero-order valence-electron chi connectivity index (χ0n) is 10.2. The van der Waals surface area contributed by atoms with Crippen molar-refractivity contribution in [2.24, 2.45) is 0 Å². The van der Waals surface area contributed by atoms with E-state index in [0.717, 1.165) is 11.8 Å². The molecule has 18 heavy (non-hydrogen) atoms. The van der Waals surface area contributed by atoms with E-state index in [1.54, 1.807) is 30.3 Å². The van der Waals surface area contributed by atoms with Gasteiger partial charge in [0.05, 0.1) is 4.90 Å². The first-order chi connectivity index (χ1) is 8.54. The quantitative estimate of drug-likeness (QED) is 0.779. The topological polar surface area (TPSA) is 54.5 Å². The lowest BCUT2D eigenvalue weighted by atomic mass is 10.2. The molecular formula is C13H15NO3S. The summed E-state index contributed by atoms with van der Waals surface area (Å²) in [5, 5.41) is 0. The highest BCUT2D eigenvalue weighted by Gasteiger charge is 2.26. The summed E-state index contributed by atoms with van der Waals surface area (Å²) in [5.74, 6) is 0. The Morgan fingerprint density at radius 3 is 2.50 bits per heavy atom. The molecule has 1 heterocycles. The van der Waals surface area contributed by atoms with Crippen LogP contribution in [0.1, 0.15) is 12.0 Å². The van der Waals surface area contributed by atoms with Crippen molar-refractivity contribution >= 4 is 16.3 Å². The predicted octanol–water partition coefficient (Wildman–Crippen LogP) is 1.51. The van der Waals surface area contributed by atoms with E-state index in [1.165, 1.54) is 4.31 Å². The third-order valence-corrected chi connectivity index (χ3v) is 4.81. The van der Waals surface area contributed by atoms with Gasteiger partial charge in [-0.15, -0.1) is 0 Å². The Labute approximate surface area is 107 Å². The highest BCUT2D eigenvalue weighted by atomic mass is 32.2. The summed E-state index contributed by atoms with van der Waals surface area (Å²) in [5.41, 5.74) is 1.54. The maximum atomic E-state index is 12.3. The van der Waals surface area contributed by atoms with Crippen LogP contribution >= 0.6 is 0 Å². The van der Waals surface area contributed by atoms with Crippen LogP contribution in [0.3, 0.4) is 0 Å². The zero-order chi connectivity index (χ0) is 13.2. The minimum atomic E-state index is -3.49. The van der Waals surface area contributed by atoms with Crippen LogP contribution in [0.25, 0.3) is 0 Å². The number of sulfonamides is 1. The molecule has 5 heteroatoms. The van der Waals surface area contributed by atoms with E-state index in [4.69, 9.17) is 0 Å². The number of aryl methyl sites for hydroxylation is 1. The number of hydrogen-bond acceptors (Lipinski definition) is 3. The molecule has 0 bridgehead atoms. The summed E-state index contributed by atoms with van der Waals surface area (Å²) in [7, 11) is -3.49. The van der Waals surface area contributed by atoms with Gasteiger partial charge in [0.25, 0.3) is 0 Å².